The molecule has 23 heavy (non-hydrogen) atoms. The van der Waals surface area contributed by atoms with Crippen LogP contribution in [0.1, 0.15) is 39.0 Å². The van der Waals surface area contributed by atoms with Gasteiger partial charge < -0.3 is 5.32 Å². The summed E-state index contributed by atoms with van der Waals surface area (Å²) in [5, 5.41) is 4.64. The normalized spacial score (nSPS) is 14.3. The Bertz CT molecular complexity index is 829. The van der Waals surface area contributed by atoms with Crippen LogP contribution in [0, 0.1) is 0 Å². The fourth-order valence-electron chi connectivity index (χ4n) is 2.65. The minimum Gasteiger partial charge on any atom is -0.352 e. The smallest absolute Gasteiger partial charge is 0.332 e. The van der Waals surface area contributed by atoms with E-state index in [9.17, 15) is 14.4 Å². The first-order valence-electron chi connectivity index (χ1n) is 8.12. The number of aromatic nitrogens is 2. The third-order valence-electron chi connectivity index (χ3n) is 4.07. The summed E-state index contributed by atoms with van der Waals surface area (Å²) in [5.41, 5.74) is -0.0689. The lowest BCUT2D eigenvalue weighted by Crippen LogP contribution is -2.43. The molecule has 2 aromatic rings. The molecule has 0 aromatic carbocycles. The average molecular weight is 335 g/mol. The largest absolute Gasteiger partial charge is 0.352 e. The van der Waals surface area contributed by atoms with Gasteiger partial charge in [0.05, 0.1) is 5.52 Å². The van der Waals surface area contributed by atoms with E-state index in [0.717, 1.165) is 36.7 Å². The average Bonchev–Trinajstić information content (AvgIpc) is 3.19. The second-order valence-electron chi connectivity index (χ2n) is 6.01. The third-order valence-corrected chi connectivity index (χ3v) is 4.96. The van der Waals surface area contributed by atoms with Crippen LogP contribution in [0.15, 0.2) is 21.0 Å². The molecule has 1 aliphatic rings. The molecule has 0 bridgehead atoms. The summed E-state index contributed by atoms with van der Waals surface area (Å²) in [6.07, 6.45) is 4.93. The monoisotopic (exact) mass is 335 g/mol. The van der Waals surface area contributed by atoms with Gasteiger partial charge in [0, 0.05) is 12.6 Å². The van der Waals surface area contributed by atoms with Crippen LogP contribution in [0.2, 0.25) is 0 Å². The second-order valence-corrected chi connectivity index (χ2v) is 6.93. The van der Waals surface area contributed by atoms with Gasteiger partial charge in [-0.25, -0.2) is 9.36 Å². The van der Waals surface area contributed by atoms with Gasteiger partial charge in [-0.1, -0.05) is 19.8 Å². The molecule has 7 heteroatoms. The maximum atomic E-state index is 12.7. The number of carbonyl (C=O) groups is 1. The molecule has 0 atom stereocenters. The van der Waals surface area contributed by atoms with E-state index in [1.807, 2.05) is 11.4 Å². The number of thiophene rings is 1. The highest BCUT2D eigenvalue weighted by Crippen LogP contribution is 2.18. The molecule has 1 saturated carbocycles. The first-order valence-corrected chi connectivity index (χ1v) is 9.00. The van der Waals surface area contributed by atoms with Crippen LogP contribution in [0.5, 0.6) is 0 Å². The first-order chi connectivity index (χ1) is 11.1. The van der Waals surface area contributed by atoms with Gasteiger partial charge in [-0.05, 0) is 30.7 Å². The van der Waals surface area contributed by atoms with Crippen LogP contribution in [0.3, 0.4) is 0 Å². The molecule has 1 N–H and O–H groups in total. The molecular weight excluding hydrogens is 314 g/mol. The van der Waals surface area contributed by atoms with E-state index in [-0.39, 0.29) is 29.7 Å². The van der Waals surface area contributed by atoms with Crippen LogP contribution in [0.4, 0.5) is 0 Å². The molecule has 2 heterocycles. The fourth-order valence-corrected chi connectivity index (χ4v) is 3.50. The predicted molar refractivity (Wildman–Crippen MR) is 91.0 cm³/mol. The summed E-state index contributed by atoms with van der Waals surface area (Å²) < 4.78 is 3.25. The third kappa shape index (κ3) is 3.39. The Morgan fingerprint density at radius 2 is 2.09 bits per heavy atom. The zero-order valence-electron chi connectivity index (χ0n) is 13.2. The van der Waals surface area contributed by atoms with Crippen molar-refractivity contribution >= 4 is 27.5 Å². The molecule has 1 fully saturated rings. The van der Waals surface area contributed by atoms with Crippen molar-refractivity contribution in [2.75, 3.05) is 0 Å². The number of amides is 1. The van der Waals surface area contributed by atoms with Crippen molar-refractivity contribution in [2.24, 2.45) is 0 Å². The fraction of sp³-hybridized carbons (Fsp3) is 0.562. The van der Waals surface area contributed by atoms with Gasteiger partial charge in [0.2, 0.25) is 5.91 Å². The molecule has 0 spiro atoms. The number of aryl methyl sites for hydroxylation is 1. The number of hydrogen-bond acceptors (Lipinski definition) is 4. The van der Waals surface area contributed by atoms with E-state index in [0.29, 0.717) is 16.8 Å². The van der Waals surface area contributed by atoms with Crippen LogP contribution in [0.25, 0.3) is 10.2 Å². The Labute approximate surface area is 137 Å². The van der Waals surface area contributed by atoms with Gasteiger partial charge in [-0.2, -0.15) is 0 Å². The Kier molecular flexibility index (Phi) is 4.66. The summed E-state index contributed by atoms with van der Waals surface area (Å²) in [5.74, 6) is -0.261. The van der Waals surface area contributed by atoms with E-state index in [2.05, 4.69) is 12.2 Å². The highest BCUT2D eigenvalue weighted by atomic mass is 32.1. The van der Waals surface area contributed by atoms with Gasteiger partial charge in [-0.15, -0.1) is 11.3 Å². The Morgan fingerprint density at radius 3 is 2.78 bits per heavy atom. The van der Waals surface area contributed by atoms with Gasteiger partial charge in [0.1, 0.15) is 11.2 Å². The van der Waals surface area contributed by atoms with Gasteiger partial charge in [-0.3, -0.25) is 14.2 Å². The van der Waals surface area contributed by atoms with E-state index < -0.39 is 0 Å². The number of unbranched alkanes of at least 4 members (excludes halogenated alkanes) is 2. The van der Waals surface area contributed by atoms with Gasteiger partial charge in [0.15, 0.2) is 0 Å². The number of carbonyl (C=O) groups excluding carboxylic acids is 1. The maximum absolute atomic E-state index is 12.7. The quantitative estimate of drug-likeness (QED) is 0.783. The maximum Gasteiger partial charge on any atom is 0.332 e. The van der Waals surface area contributed by atoms with E-state index >= 15 is 0 Å². The van der Waals surface area contributed by atoms with Crippen LogP contribution < -0.4 is 16.6 Å². The van der Waals surface area contributed by atoms with E-state index in [1.54, 1.807) is 4.57 Å². The highest BCUT2D eigenvalue weighted by Gasteiger charge is 2.24. The molecule has 0 unspecified atom stereocenters. The molecule has 2 aromatic heterocycles. The van der Waals surface area contributed by atoms with Crippen molar-refractivity contribution in [3.05, 3.63) is 32.3 Å². The number of hydrogen-bond donors (Lipinski definition) is 1. The molecule has 0 radical (unpaired) electrons. The van der Waals surface area contributed by atoms with Crippen molar-refractivity contribution in [2.45, 2.75) is 58.2 Å². The highest BCUT2D eigenvalue weighted by molar-refractivity contribution is 7.17. The standard InChI is InChI=1S/C16H21N3O3S/c1-2-3-4-8-18-12-7-9-23-14(12)15(21)19(16(18)22)10-13(20)17-11-5-6-11/h7,9,11H,2-6,8,10H2,1H3,(H,17,20). The zero-order valence-corrected chi connectivity index (χ0v) is 14.0. The van der Waals surface area contributed by atoms with Gasteiger partial charge >= 0.3 is 5.69 Å². The number of nitrogens with zero attached hydrogens (tertiary/aromatic N) is 2. The number of fused-ring (bicyclic) bond motifs is 1. The lowest BCUT2D eigenvalue weighted by molar-refractivity contribution is -0.121. The molecule has 124 valence electrons. The van der Waals surface area contributed by atoms with E-state index in [4.69, 9.17) is 0 Å². The predicted octanol–water partition coefficient (Wildman–Crippen LogP) is 1.69. The number of rotatable bonds is 7. The summed E-state index contributed by atoms with van der Waals surface area (Å²) in [4.78, 5) is 37.2. The molecular formula is C16H21N3O3S. The lowest BCUT2D eigenvalue weighted by atomic mass is 10.2. The van der Waals surface area contributed by atoms with Crippen LogP contribution in [-0.4, -0.2) is 21.1 Å². The topological polar surface area (TPSA) is 73.1 Å². The lowest BCUT2D eigenvalue weighted by Gasteiger charge is -2.12. The van der Waals surface area contributed by atoms with Crippen LogP contribution in [-0.2, 0) is 17.9 Å². The minimum atomic E-state index is -0.386. The summed E-state index contributed by atoms with van der Waals surface area (Å²) in [7, 11) is 0. The van der Waals surface area contributed by atoms with Crippen LogP contribution >= 0.6 is 11.3 Å². The zero-order chi connectivity index (χ0) is 16.4. The summed E-state index contributed by atoms with van der Waals surface area (Å²) in [6.45, 7) is 2.48. The molecule has 0 aliphatic heterocycles. The van der Waals surface area contributed by atoms with Crippen molar-refractivity contribution < 1.29 is 4.79 Å². The minimum absolute atomic E-state index is 0.199. The Balaban J connectivity index is 1.96. The van der Waals surface area contributed by atoms with Crippen molar-refractivity contribution in [3.63, 3.8) is 0 Å². The number of nitrogens with one attached hydrogen (secondary N) is 1. The van der Waals surface area contributed by atoms with Gasteiger partial charge in [0.25, 0.3) is 5.56 Å². The SMILES string of the molecule is CCCCCn1c(=O)n(CC(=O)NC2CC2)c(=O)c2sccc21. The Hall–Kier alpha value is -1.89. The summed E-state index contributed by atoms with van der Waals surface area (Å²) in [6, 6.07) is 2.03. The van der Waals surface area contributed by atoms with Crippen molar-refractivity contribution in [1.29, 1.82) is 0 Å². The molecule has 1 amide bonds. The first kappa shape index (κ1) is 16.0. The molecule has 3 rings (SSSR count). The molecule has 0 saturated heterocycles. The van der Waals surface area contributed by atoms with Crippen molar-refractivity contribution in [3.8, 4) is 0 Å². The van der Waals surface area contributed by atoms with Crippen molar-refractivity contribution in [1.82, 2.24) is 14.5 Å². The molecule has 6 nitrogen and oxygen atoms in total. The summed E-state index contributed by atoms with van der Waals surface area (Å²) >= 11 is 1.32. The second kappa shape index (κ2) is 6.70. The molecule has 1 aliphatic carbocycles. The Morgan fingerprint density at radius 1 is 1.30 bits per heavy atom. The van der Waals surface area contributed by atoms with E-state index in [1.165, 1.54) is 11.3 Å².